The summed E-state index contributed by atoms with van der Waals surface area (Å²) in [6.45, 7) is 0.587. The molecule has 90 valence electrons. The molecule has 0 radical (unpaired) electrons. The molecule has 0 atom stereocenters. The zero-order chi connectivity index (χ0) is 12.2. The molecule has 16 heavy (non-hydrogen) atoms. The first-order valence-electron chi connectivity index (χ1n) is 4.48. The predicted octanol–water partition coefficient (Wildman–Crippen LogP) is 0.655. The highest BCUT2D eigenvalue weighted by Crippen LogP contribution is 2.24. The number of thioether (sulfide) groups is 1. The van der Waals surface area contributed by atoms with Gasteiger partial charge in [0.15, 0.2) is 0 Å². The van der Waals surface area contributed by atoms with Gasteiger partial charge in [0.2, 0.25) is 10.0 Å². The number of sulfonamides is 1. The van der Waals surface area contributed by atoms with Crippen molar-refractivity contribution in [1.82, 2.24) is 0 Å². The number of benzene rings is 1. The summed E-state index contributed by atoms with van der Waals surface area (Å²) in [6, 6.07) is 4.55. The summed E-state index contributed by atoms with van der Waals surface area (Å²) in [7, 11) is -2.10. The Labute approximate surface area is 99.2 Å². The largest absolute Gasteiger partial charge is 0.399 e. The van der Waals surface area contributed by atoms with Crippen LogP contribution in [0.3, 0.4) is 0 Å². The normalized spacial score (nSPS) is 11.6. The molecular formula is C9H14N2O3S2. The molecule has 0 aliphatic rings. The third kappa shape index (κ3) is 4.01. The molecule has 0 aliphatic carbocycles. The molecule has 0 unspecified atom stereocenters. The van der Waals surface area contributed by atoms with E-state index in [9.17, 15) is 8.42 Å². The van der Waals surface area contributed by atoms with E-state index in [4.69, 9.17) is 15.6 Å². The quantitative estimate of drug-likeness (QED) is 0.461. The molecule has 0 aromatic heterocycles. The molecule has 7 heteroatoms. The van der Waals surface area contributed by atoms with E-state index < -0.39 is 10.0 Å². The van der Waals surface area contributed by atoms with Gasteiger partial charge in [-0.15, -0.1) is 11.8 Å². The Morgan fingerprint density at radius 2 is 2.06 bits per heavy atom. The van der Waals surface area contributed by atoms with Crippen LogP contribution in [0, 0.1) is 0 Å². The fourth-order valence-corrected chi connectivity index (χ4v) is 2.67. The lowest BCUT2D eigenvalue weighted by Gasteiger charge is -2.05. The summed E-state index contributed by atoms with van der Waals surface area (Å²) in [5.74, 6) is 0.726. The number of methoxy groups -OCH3 is 1. The maximum atomic E-state index is 11.2. The van der Waals surface area contributed by atoms with E-state index in [0.29, 0.717) is 12.3 Å². The highest BCUT2D eigenvalue weighted by atomic mass is 32.2. The standard InChI is InChI=1S/C9H14N2O3S2/c1-14-2-3-15-8-4-7(10)5-9(6-8)16(11,12)13/h4-6H,2-3,10H2,1H3,(H2,11,12,13). The molecule has 0 saturated heterocycles. The lowest BCUT2D eigenvalue weighted by molar-refractivity contribution is 0.218. The van der Waals surface area contributed by atoms with Crippen LogP contribution in [0.15, 0.2) is 28.0 Å². The number of anilines is 1. The van der Waals surface area contributed by atoms with Crippen molar-refractivity contribution in [1.29, 1.82) is 0 Å². The van der Waals surface area contributed by atoms with Crippen LogP contribution >= 0.6 is 11.8 Å². The second-order valence-corrected chi connectivity index (χ2v) is 5.85. The molecule has 0 bridgehead atoms. The minimum absolute atomic E-state index is 0.0346. The van der Waals surface area contributed by atoms with E-state index in [1.54, 1.807) is 13.2 Å². The van der Waals surface area contributed by atoms with E-state index in [0.717, 1.165) is 10.6 Å². The van der Waals surface area contributed by atoms with Crippen LogP contribution < -0.4 is 10.9 Å². The summed E-state index contributed by atoms with van der Waals surface area (Å²) in [4.78, 5) is 0.800. The van der Waals surface area contributed by atoms with E-state index in [2.05, 4.69) is 0 Å². The van der Waals surface area contributed by atoms with Gasteiger partial charge < -0.3 is 10.5 Å². The molecular weight excluding hydrogens is 248 g/mol. The number of primary sulfonamides is 1. The Morgan fingerprint density at radius 1 is 1.38 bits per heavy atom. The average molecular weight is 262 g/mol. The Bertz CT molecular complexity index is 460. The van der Waals surface area contributed by atoms with E-state index in [-0.39, 0.29) is 4.90 Å². The van der Waals surface area contributed by atoms with Crippen molar-refractivity contribution >= 4 is 27.5 Å². The van der Waals surface area contributed by atoms with Crippen molar-refractivity contribution in [2.75, 3.05) is 25.2 Å². The van der Waals surface area contributed by atoms with Crippen molar-refractivity contribution in [2.24, 2.45) is 5.14 Å². The highest BCUT2D eigenvalue weighted by Gasteiger charge is 2.09. The second-order valence-electron chi connectivity index (χ2n) is 3.12. The zero-order valence-corrected chi connectivity index (χ0v) is 10.5. The second kappa shape index (κ2) is 5.53. The fourth-order valence-electron chi connectivity index (χ4n) is 1.08. The number of nitrogen functional groups attached to an aromatic ring is 1. The fraction of sp³-hybridized carbons (Fsp3) is 0.333. The minimum Gasteiger partial charge on any atom is -0.399 e. The summed E-state index contributed by atoms with van der Waals surface area (Å²) in [6.07, 6.45) is 0. The first-order chi connectivity index (χ1) is 7.43. The van der Waals surface area contributed by atoms with Crippen molar-refractivity contribution in [3.05, 3.63) is 18.2 Å². The maximum absolute atomic E-state index is 11.2. The van der Waals surface area contributed by atoms with Gasteiger partial charge in [-0.25, -0.2) is 13.6 Å². The zero-order valence-electron chi connectivity index (χ0n) is 8.84. The lowest BCUT2D eigenvalue weighted by atomic mass is 10.3. The number of hydrogen-bond donors (Lipinski definition) is 2. The molecule has 5 nitrogen and oxygen atoms in total. The van der Waals surface area contributed by atoms with E-state index >= 15 is 0 Å². The third-order valence-corrected chi connectivity index (χ3v) is 3.62. The van der Waals surface area contributed by atoms with Crippen molar-refractivity contribution in [2.45, 2.75) is 9.79 Å². The van der Waals surface area contributed by atoms with Gasteiger partial charge in [-0.1, -0.05) is 0 Å². The van der Waals surface area contributed by atoms with Gasteiger partial charge in [0.25, 0.3) is 0 Å². The molecule has 0 aliphatic heterocycles. The van der Waals surface area contributed by atoms with Gasteiger partial charge in [0.05, 0.1) is 11.5 Å². The van der Waals surface area contributed by atoms with Gasteiger partial charge in [-0.3, -0.25) is 0 Å². The van der Waals surface area contributed by atoms with Crippen LogP contribution in [0.4, 0.5) is 5.69 Å². The number of hydrogen-bond acceptors (Lipinski definition) is 5. The molecule has 1 aromatic carbocycles. The third-order valence-electron chi connectivity index (χ3n) is 1.79. The van der Waals surface area contributed by atoms with Crippen LogP contribution in [-0.4, -0.2) is 27.9 Å². The van der Waals surface area contributed by atoms with Crippen LogP contribution in [0.5, 0.6) is 0 Å². The van der Waals surface area contributed by atoms with Gasteiger partial charge in [0, 0.05) is 23.4 Å². The monoisotopic (exact) mass is 262 g/mol. The Balaban J connectivity index is 2.91. The van der Waals surface area contributed by atoms with Gasteiger partial charge in [-0.05, 0) is 18.2 Å². The summed E-state index contributed by atoms with van der Waals surface area (Å²) >= 11 is 1.46. The molecule has 1 aromatic rings. The topological polar surface area (TPSA) is 95.4 Å². The predicted molar refractivity (Wildman–Crippen MR) is 64.8 cm³/mol. The van der Waals surface area contributed by atoms with Crippen LogP contribution in [0.2, 0.25) is 0 Å². The van der Waals surface area contributed by atoms with Gasteiger partial charge in [0.1, 0.15) is 0 Å². The van der Waals surface area contributed by atoms with Gasteiger partial charge >= 0.3 is 0 Å². The first-order valence-corrected chi connectivity index (χ1v) is 7.02. The van der Waals surface area contributed by atoms with E-state index in [1.165, 1.54) is 23.9 Å². The van der Waals surface area contributed by atoms with Crippen molar-refractivity contribution in [3.63, 3.8) is 0 Å². The van der Waals surface area contributed by atoms with Gasteiger partial charge in [-0.2, -0.15) is 0 Å². The van der Waals surface area contributed by atoms with E-state index in [1.807, 2.05) is 0 Å². The summed E-state index contributed by atoms with van der Waals surface area (Å²) in [5, 5.41) is 5.03. The smallest absolute Gasteiger partial charge is 0.238 e. The van der Waals surface area contributed by atoms with Crippen molar-refractivity contribution in [3.8, 4) is 0 Å². The molecule has 4 N–H and O–H groups in total. The molecule has 0 amide bonds. The summed E-state index contributed by atoms with van der Waals surface area (Å²) in [5.41, 5.74) is 5.98. The molecule has 1 rings (SSSR count). The molecule has 0 heterocycles. The summed E-state index contributed by atoms with van der Waals surface area (Å²) < 4.78 is 27.2. The highest BCUT2D eigenvalue weighted by molar-refractivity contribution is 7.99. The molecule has 0 fully saturated rings. The first kappa shape index (κ1) is 13.3. The molecule has 0 saturated carbocycles. The lowest BCUT2D eigenvalue weighted by Crippen LogP contribution is -2.12. The average Bonchev–Trinajstić information content (AvgIpc) is 2.16. The van der Waals surface area contributed by atoms with Crippen LogP contribution in [0.1, 0.15) is 0 Å². The Hall–Kier alpha value is -0.760. The Morgan fingerprint density at radius 3 is 2.62 bits per heavy atom. The van der Waals surface area contributed by atoms with Crippen molar-refractivity contribution < 1.29 is 13.2 Å². The number of rotatable bonds is 5. The maximum Gasteiger partial charge on any atom is 0.238 e. The van der Waals surface area contributed by atoms with Crippen LogP contribution in [-0.2, 0) is 14.8 Å². The van der Waals surface area contributed by atoms with Crippen LogP contribution in [0.25, 0.3) is 0 Å². The molecule has 0 spiro atoms. The Kier molecular flexibility index (Phi) is 4.60. The minimum atomic E-state index is -3.70. The number of ether oxygens (including phenoxy) is 1. The number of nitrogens with two attached hydrogens (primary N) is 2. The SMILES string of the molecule is COCCSc1cc(N)cc(S(N)(=O)=O)c1.